The number of carbonyl (C=O) groups is 1. The van der Waals surface area contributed by atoms with Crippen LogP contribution in [0.5, 0.6) is 0 Å². The van der Waals surface area contributed by atoms with Crippen LogP contribution >= 0.6 is 0 Å². The van der Waals surface area contributed by atoms with Gasteiger partial charge in [0.25, 0.3) is 0 Å². The summed E-state index contributed by atoms with van der Waals surface area (Å²) in [4.78, 5) is 13.1. The molecule has 1 aliphatic rings. The van der Waals surface area contributed by atoms with E-state index < -0.39 is 5.97 Å². The Labute approximate surface area is 108 Å². The average molecular weight is 247 g/mol. The number of rotatable bonds is 2. The third-order valence-electron chi connectivity index (χ3n) is 3.64. The van der Waals surface area contributed by atoms with Crippen molar-refractivity contribution in [2.24, 2.45) is 5.92 Å². The molecule has 1 atom stereocenters. The van der Waals surface area contributed by atoms with E-state index in [9.17, 15) is 4.79 Å². The van der Waals surface area contributed by atoms with Crippen molar-refractivity contribution in [3.8, 4) is 0 Å². The maximum absolute atomic E-state index is 10.9. The third-order valence-corrected chi connectivity index (χ3v) is 3.64. The van der Waals surface area contributed by atoms with Gasteiger partial charge < -0.3 is 10.0 Å². The van der Waals surface area contributed by atoms with Crippen molar-refractivity contribution >= 4 is 11.7 Å². The van der Waals surface area contributed by atoms with E-state index >= 15 is 0 Å². The van der Waals surface area contributed by atoms with Gasteiger partial charge in [-0.1, -0.05) is 32.9 Å². The van der Waals surface area contributed by atoms with E-state index in [4.69, 9.17) is 5.11 Å². The quantitative estimate of drug-likeness (QED) is 0.873. The summed E-state index contributed by atoms with van der Waals surface area (Å²) in [6.07, 6.45) is 0.746. The number of hydrogen-bond donors (Lipinski definition) is 1. The molecule has 1 aromatic rings. The van der Waals surface area contributed by atoms with Gasteiger partial charge in [0.2, 0.25) is 0 Å². The molecule has 1 N–H and O–H groups in total. The van der Waals surface area contributed by atoms with Crippen molar-refractivity contribution in [1.29, 1.82) is 0 Å². The monoisotopic (exact) mass is 247 g/mol. The summed E-state index contributed by atoms with van der Waals surface area (Å²) in [7, 11) is 0. The molecule has 1 aromatic carbocycles. The molecule has 0 aromatic heterocycles. The summed E-state index contributed by atoms with van der Waals surface area (Å²) in [5.74, 6) is -0.892. The second-order valence-electron chi connectivity index (χ2n) is 6.07. The molecule has 1 unspecified atom stereocenters. The minimum atomic E-state index is -0.677. The molecule has 0 radical (unpaired) electrons. The Kier molecular flexibility index (Phi) is 3.33. The Morgan fingerprint density at radius 3 is 2.33 bits per heavy atom. The molecule has 2 rings (SSSR count). The Balaban J connectivity index is 2.10. The summed E-state index contributed by atoms with van der Waals surface area (Å²) in [6, 6.07) is 8.49. The number of hydrogen-bond acceptors (Lipinski definition) is 2. The SMILES string of the molecule is CC(C)(C)c1ccc(N2CCC(C(=O)O)C2)cc1. The van der Waals surface area contributed by atoms with Crippen molar-refractivity contribution in [2.45, 2.75) is 32.6 Å². The van der Waals surface area contributed by atoms with Crippen LogP contribution in [0.15, 0.2) is 24.3 Å². The van der Waals surface area contributed by atoms with E-state index in [1.807, 2.05) is 0 Å². The maximum atomic E-state index is 10.9. The van der Waals surface area contributed by atoms with Crippen LogP contribution in [0.4, 0.5) is 5.69 Å². The molecule has 18 heavy (non-hydrogen) atoms. The Bertz CT molecular complexity index is 431. The molecule has 0 saturated carbocycles. The standard InChI is InChI=1S/C15H21NO2/c1-15(2,3)12-4-6-13(7-5-12)16-9-8-11(10-16)14(17)18/h4-7,11H,8-10H2,1-3H3,(H,17,18). The van der Waals surface area contributed by atoms with Gasteiger partial charge in [-0.25, -0.2) is 0 Å². The molecule has 0 spiro atoms. The fourth-order valence-corrected chi connectivity index (χ4v) is 2.37. The Morgan fingerprint density at radius 2 is 1.89 bits per heavy atom. The third kappa shape index (κ3) is 2.66. The molecule has 0 aliphatic carbocycles. The van der Waals surface area contributed by atoms with Gasteiger partial charge in [-0.15, -0.1) is 0 Å². The highest BCUT2D eigenvalue weighted by Crippen LogP contribution is 2.27. The molecule has 1 aliphatic heterocycles. The second-order valence-corrected chi connectivity index (χ2v) is 6.07. The van der Waals surface area contributed by atoms with Crippen molar-refractivity contribution in [3.05, 3.63) is 29.8 Å². The largest absolute Gasteiger partial charge is 0.481 e. The van der Waals surface area contributed by atoms with Crippen LogP contribution in [0.2, 0.25) is 0 Å². The molecule has 98 valence electrons. The predicted octanol–water partition coefficient (Wildman–Crippen LogP) is 2.90. The molecule has 1 saturated heterocycles. The molecule has 3 nitrogen and oxygen atoms in total. The van der Waals surface area contributed by atoms with Gasteiger partial charge in [-0.2, -0.15) is 0 Å². The van der Waals surface area contributed by atoms with Crippen LogP contribution in [0.3, 0.4) is 0 Å². The molecular formula is C15H21NO2. The van der Waals surface area contributed by atoms with E-state index in [1.165, 1.54) is 5.56 Å². The van der Waals surface area contributed by atoms with Crippen LogP contribution in [-0.4, -0.2) is 24.2 Å². The number of nitrogens with zero attached hydrogens (tertiary/aromatic N) is 1. The smallest absolute Gasteiger partial charge is 0.308 e. The highest BCUT2D eigenvalue weighted by molar-refractivity contribution is 5.72. The van der Waals surface area contributed by atoms with E-state index in [-0.39, 0.29) is 11.3 Å². The first-order valence-electron chi connectivity index (χ1n) is 6.46. The average Bonchev–Trinajstić information content (AvgIpc) is 2.77. The number of anilines is 1. The van der Waals surface area contributed by atoms with Crippen LogP contribution in [0.25, 0.3) is 0 Å². The van der Waals surface area contributed by atoms with Gasteiger partial charge in [0.05, 0.1) is 5.92 Å². The number of carboxylic acids is 1. The lowest BCUT2D eigenvalue weighted by Crippen LogP contribution is -2.22. The predicted molar refractivity (Wildman–Crippen MR) is 73.1 cm³/mol. The minimum Gasteiger partial charge on any atom is -0.481 e. The van der Waals surface area contributed by atoms with Crippen molar-refractivity contribution in [3.63, 3.8) is 0 Å². The van der Waals surface area contributed by atoms with E-state index in [0.29, 0.717) is 6.54 Å². The molecule has 1 fully saturated rings. The number of aliphatic carboxylic acids is 1. The normalized spacial score (nSPS) is 20.2. The summed E-state index contributed by atoms with van der Waals surface area (Å²) in [5, 5.41) is 9.00. The zero-order chi connectivity index (χ0) is 13.3. The molecule has 0 amide bonds. The van der Waals surface area contributed by atoms with E-state index in [2.05, 4.69) is 49.9 Å². The lowest BCUT2D eigenvalue weighted by atomic mass is 9.87. The van der Waals surface area contributed by atoms with Gasteiger partial charge in [0.1, 0.15) is 0 Å². The summed E-state index contributed by atoms with van der Waals surface area (Å²) in [6.45, 7) is 8.05. The summed E-state index contributed by atoms with van der Waals surface area (Å²) < 4.78 is 0. The fourth-order valence-electron chi connectivity index (χ4n) is 2.37. The topological polar surface area (TPSA) is 40.5 Å². The second kappa shape index (κ2) is 4.63. The van der Waals surface area contributed by atoms with Crippen LogP contribution < -0.4 is 4.90 Å². The molecular weight excluding hydrogens is 226 g/mol. The zero-order valence-corrected chi connectivity index (χ0v) is 11.3. The first-order chi connectivity index (χ1) is 8.38. The summed E-state index contributed by atoms with van der Waals surface area (Å²) >= 11 is 0. The van der Waals surface area contributed by atoms with Crippen molar-refractivity contribution in [1.82, 2.24) is 0 Å². The maximum Gasteiger partial charge on any atom is 0.308 e. The highest BCUT2D eigenvalue weighted by Gasteiger charge is 2.28. The molecule has 3 heteroatoms. The Morgan fingerprint density at radius 1 is 1.28 bits per heavy atom. The van der Waals surface area contributed by atoms with Gasteiger partial charge >= 0.3 is 5.97 Å². The van der Waals surface area contributed by atoms with Crippen molar-refractivity contribution in [2.75, 3.05) is 18.0 Å². The van der Waals surface area contributed by atoms with Gasteiger partial charge in [0.15, 0.2) is 0 Å². The number of carboxylic acid groups (broad SMARTS) is 1. The van der Waals surface area contributed by atoms with Crippen molar-refractivity contribution < 1.29 is 9.90 Å². The number of benzene rings is 1. The molecule has 0 bridgehead atoms. The van der Waals surface area contributed by atoms with E-state index in [1.54, 1.807) is 0 Å². The van der Waals surface area contributed by atoms with Gasteiger partial charge in [-0.05, 0) is 29.5 Å². The molecule has 1 heterocycles. The lowest BCUT2D eigenvalue weighted by molar-refractivity contribution is -0.140. The Hall–Kier alpha value is -1.51. The highest BCUT2D eigenvalue weighted by atomic mass is 16.4. The van der Waals surface area contributed by atoms with Gasteiger partial charge in [0, 0.05) is 18.8 Å². The van der Waals surface area contributed by atoms with Gasteiger partial charge in [-0.3, -0.25) is 4.79 Å². The van der Waals surface area contributed by atoms with E-state index in [0.717, 1.165) is 18.7 Å². The summed E-state index contributed by atoms with van der Waals surface area (Å²) in [5.41, 5.74) is 2.60. The van der Waals surface area contributed by atoms with Crippen LogP contribution in [0, 0.1) is 5.92 Å². The van der Waals surface area contributed by atoms with Crippen LogP contribution in [0.1, 0.15) is 32.8 Å². The first-order valence-corrected chi connectivity index (χ1v) is 6.46. The lowest BCUT2D eigenvalue weighted by Gasteiger charge is -2.22. The minimum absolute atomic E-state index is 0.160. The zero-order valence-electron chi connectivity index (χ0n) is 11.3. The van der Waals surface area contributed by atoms with Crippen LogP contribution in [-0.2, 0) is 10.2 Å². The fraction of sp³-hybridized carbons (Fsp3) is 0.533. The first kappa shape index (κ1) is 12.9.